The fourth-order valence-corrected chi connectivity index (χ4v) is 2.11. The van der Waals surface area contributed by atoms with Crippen molar-refractivity contribution < 1.29 is 4.74 Å². The summed E-state index contributed by atoms with van der Waals surface area (Å²) in [4.78, 5) is 12.2. The summed E-state index contributed by atoms with van der Waals surface area (Å²) in [6, 6.07) is 1.79. The van der Waals surface area contributed by atoms with Gasteiger partial charge >= 0.3 is 0 Å². The lowest BCUT2D eigenvalue weighted by molar-refractivity contribution is 0.0597. The maximum absolute atomic E-state index is 12.2. The van der Waals surface area contributed by atoms with Crippen LogP contribution in [-0.2, 0) is 11.3 Å². The zero-order chi connectivity index (χ0) is 13.8. The second kappa shape index (κ2) is 5.99. The second-order valence-corrected chi connectivity index (χ2v) is 4.51. The summed E-state index contributed by atoms with van der Waals surface area (Å²) in [6.07, 6.45) is 4.27. The number of nitrogens with zero attached hydrogens (tertiary/aromatic N) is 3. The van der Waals surface area contributed by atoms with Gasteiger partial charge < -0.3 is 15.0 Å². The molecule has 2 N–H and O–H groups in total. The summed E-state index contributed by atoms with van der Waals surface area (Å²) in [6.45, 7) is 5.52. The minimum Gasteiger partial charge on any atom is -0.377 e. The van der Waals surface area contributed by atoms with Gasteiger partial charge in [0.25, 0.3) is 5.56 Å². The molecular formula is C13H20N4O2. The van der Waals surface area contributed by atoms with Gasteiger partial charge in [-0.15, -0.1) is 0 Å². The van der Waals surface area contributed by atoms with E-state index >= 15 is 0 Å². The first-order valence-corrected chi connectivity index (χ1v) is 6.52. The van der Waals surface area contributed by atoms with Crippen molar-refractivity contribution in [3.8, 4) is 0 Å². The van der Waals surface area contributed by atoms with Gasteiger partial charge in [0.1, 0.15) is 5.52 Å². The van der Waals surface area contributed by atoms with E-state index in [-0.39, 0.29) is 11.7 Å². The van der Waals surface area contributed by atoms with Crippen molar-refractivity contribution in [3.05, 3.63) is 34.5 Å². The molecule has 104 valence electrons. The zero-order valence-corrected chi connectivity index (χ0v) is 11.4. The molecular weight excluding hydrogens is 244 g/mol. The Morgan fingerprint density at radius 3 is 2.95 bits per heavy atom. The lowest BCUT2D eigenvalue weighted by Crippen LogP contribution is -2.28. The maximum atomic E-state index is 12.2. The average Bonchev–Trinajstić information content (AvgIpc) is 2.78. The summed E-state index contributed by atoms with van der Waals surface area (Å²) in [5.41, 5.74) is 7.03. The minimum absolute atomic E-state index is 0.000210. The molecule has 0 radical (unpaired) electrons. The summed E-state index contributed by atoms with van der Waals surface area (Å²) < 4.78 is 8.77. The third kappa shape index (κ3) is 3.02. The summed E-state index contributed by atoms with van der Waals surface area (Å²) >= 11 is 0. The fourth-order valence-electron chi connectivity index (χ4n) is 2.11. The number of aromatic nitrogens is 3. The van der Waals surface area contributed by atoms with Crippen molar-refractivity contribution in [2.45, 2.75) is 32.9 Å². The van der Waals surface area contributed by atoms with Crippen LogP contribution < -0.4 is 11.3 Å². The highest BCUT2D eigenvalue weighted by Gasteiger charge is 2.09. The predicted molar refractivity (Wildman–Crippen MR) is 73.3 cm³/mol. The smallest absolute Gasteiger partial charge is 0.276 e. The summed E-state index contributed by atoms with van der Waals surface area (Å²) in [5, 5.41) is 4.21. The number of hydrogen-bond acceptors (Lipinski definition) is 4. The van der Waals surface area contributed by atoms with E-state index in [1.165, 1.54) is 0 Å². The zero-order valence-electron chi connectivity index (χ0n) is 11.4. The Kier molecular flexibility index (Phi) is 4.34. The monoisotopic (exact) mass is 264 g/mol. The predicted octanol–water partition coefficient (Wildman–Crippen LogP) is 0.558. The van der Waals surface area contributed by atoms with Crippen LogP contribution in [0.5, 0.6) is 0 Å². The molecule has 0 saturated carbocycles. The van der Waals surface area contributed by atoms with Gasteiger partial charge in [-0.1, -0.05) is 0 Å². The van der Waals surface area contributed by atoms with Gasteiger partial charge in [0.05, 0.1) is 11.8 Å². The lowest BCUT2D eigenvalue weighted by Gasteiger charge is -2.15. The summed E-state index contributed by atoms with van der Waals surface area (Å²) in [7, 11) is 0. The van der Waals surface area contributed by atoms with Crippen LogP contribution in [0.25, 0.3) is 5.52 Å². The molecule has 0 bridgehead atoms. The molecule has 0 amide bonds. The first-order valence-electron chi connectivity index (χ1n) is 6.52. The second-order valence-electron chi connectivity index (χ2n) is 4.51. The van der Waals surface area contributed by atoms with E-state index in [2.05, 4.69) is 5.10 Å². The Morgan fingerprint density at radius 1 is 1.47 bits per heavy atom. The van der Waals surface area contributed by atoms with Crippen molar-refractivity contribution in [1.29, 1.82) is 0 Å². The average molecular weight is 264 g/mol. The van der Waals surface area contributed by atoms with Crippen LogP contribution >= 0.6 is 0 Å². The van der Waals surface area contributed by atoms with Crippen LogP contribution in [-0.4, -0.2) is 33.4 Å². The number of nitrogens with two attached hydrogens (primary N) is 1. The van der Waals surface area contributed by atoms with E-state index in [9.17, 15) is 4.79 Å². The van der Waals surface area contributed by atoms with Gasteiger partial charge in [-0.25, -0.2) is 4.52 Å². The van der Waals surface area contributed by atoms with Crippen LogP contribution in [0, 0.1) is 6.92 Å². The van der Waals surface area contributed by atoms with Crippen LogP contribution in [0.4, 0.5) is 0 Å². The normalized spacial score (nSPS) is 13.0. The molecule has 2 heterocycles. The molecule has 0 fully saturated rings. The molecule has 0 aliphatic heterocycles. The van der Waals surface area contributed by atoms with Gasteiger partial charge in [-0.3, -0.25) is 4.79 Å². The Hall–Kier alpha value is -1.66. The molecule has 2 aromatic rings. The lowest BCUT2D eigenvalue weighted by atomic mass is 10.2. The number of fused-ring (bicyclic) bond motifs is 1. The fraction of sp³-hybridized carbons (Fsp3) is 0.538. The van der Waals surface area contributed by atoms with Crippen LogP contribution in [0.15, 0.2) is 23.3 Å². The third-order valence-corrected chi connectivity index (χ3v) is 3.08. The van der Waals surface area contributed by atoms with Crippen LogP contribution in [0.3, 0.4) is 0 Å². The number of hydrogen-bond donors (Lipinski definition) is 1. The van der Waals surface area contributed by atoms with Crippen LogP contribution in [0.2, 0.25) is 0 Å². The molecule has 6 heteroatoms. The van der Waals surface area contributed by atoms with Crippen molar-refractivity contribution in [2.75, 3.05) is 13.2 Å². The van der Waals surface area contributed by atoms with Gasteiger partial charge in [-0.2, -0.15) is 5.10 Å². The maximum Gasteiger partial charge on any atom is 0.276 e. The highest BCUT2D eigenvalue weighted by atomic mass is 16.5. The van der Waals surface area contributed by atoms with E-state index < -0.39 is 0 Å². The van der Waals surface area contributed by atoms with E-state index in [0.717, 1.165) is 12.1 Å². The topological polar surface area (TPSA) is 74.6 Å². The largest absolute Gasteiger partial charge is 0.377 e. The standard InChI is InChI=1S/C13H20N4O2/c1-3-19-11(9-14)4-5-16-6-7-17-12(13(16)18)8-10(2)15-17/h6-8,11H,3-5,9,14H2,1-2H3. The molecule has 0 saturated heterocycles. The van der Waals surface area contributed by atoms with Gasteiger partial charge in [0, 0.05) is 32.1 Å². The molecule has 1 atom stereocenters. The molecule has 0 aliphatic carbocycles. The Morgan fingerprint density at radius 2 is 2.26 bits per heavy atom. The van der Waals surface area contributed by atoms with Gasteiger partial charge in [0.15, 0.2) is 0 Å². The molecule has 0 aromatic carbocycles. The van der Waals surface area contributed by atoms with Gasteiger partial charge in [0.2, 0.25) is 0 Å². The molecule has 1 unspecified atom stereocenters. The molecule has 19 heavy (non-hydrogen) atoms. The number of ether oxygens (including phenoxy) is 1. The van der Waals surface area contributed by atoms with E-state index in [1.54, 1.807) is 27.5 Å². The first-order chi connectivity index (χ1) is 9.15. The highest BCUT2D eigenvalue weighted by molar-refractivity contribution is 5.44. The molecule has 2 rings (SSSR count). The molecule has 0 aliphatic rings. The van der Waals surface area contributed by atoms with Crippen molar-refractivity contribution >= 4 is 5.52 Å². The van der Waals surface area contributed by atoms with E-state index in [4.69, 9.17) is 10.5 Å². The molecule has 0 spiro atoms. The third-order valence-electron chi connectivity index (χ3n) is 3.08. The first kappa shape index (κ1) is 13.8. The van der Waals surface area contributed by atoms with E-state index in [0.29, 0.717) is 25.2 Å². The molecule has 2 aromatic heterocycles. The van der Waals surface area contributed by atoms with Crippen molar-refractivity contribution in [3.63, 3.8) is 0 Å². The molecule has 6 nitrogen and oxygen atoms in total. The number of aryl methyl sites for hydroxylation is 2. The van der Waals surface area contributed by atoms with Gasteiger partial charge in [-0.05, 0) is 26.3 Å². The summed E-state index contributed by atoms with van der Waals surface area (Å²) in [5.74, 6) is 0. The van der Waals surface area contributed by atoms with Crippen molar-refractivity contribution in [1.82, 2.24) is 14.2 Å². The Labute approximate surface area is 111 Å². The number of rotatable bonds is 6. The van der Waals surface area contributed by atoms with E-state index in [1.807, 2.05) is 13.8 Å². The SMILES string of the molecule is CCOC(CN)CCn1ccn2nc(C)cc2c1=O. The Balaban J connectivity index is 2.17. The minimum atomic E-state index is -0.0321. The highest BCUT2D eigenvalue weighted by Crippen LogP contribution is 2.02. The van der Waals surface area contributed by atoms with Crippen molar-refractivity contribution in [2.24, 2.45) is 5.73 Å². The Bertz CT molecular complexity index is 602. The van der Waals surface area contributed by atoms with Crippen LogP contribution in [0.1, 0.15) is 19.0 Å². The quantitative estimate of drug-likeness (QED) is 0.827.